The Labute approximate surface area is 181 Å². The number of hydrogen-bond donors (Lipinski definition) is 3. The molecule has 1 aromatic heterocycles. The van der Waals surface area contributed by atoms with Crippen LogP contribution in [0.4, 0.5) is 14.5 Å². The molecule has 1 aliphatic carbocycles. The Morgan fingerprint density at radius 1 is 1.03 bits per heavy atom. The number of nitrogens with one attached hydrogen (secondary N) is 2. The Hall–Kier alpha value is -4.08. The van der Waals surface area contributed by atoms with Gasteiger partial charge in [-0.15, -0.1) is 0 Å². The fraction of sp³-hybridized carbons (Fsp3) is 0.182. The molecular weight excluding hydrogens is 420 g/mol. The molecule has 164 valence electrons. The monoisotopic (exact) mass is 439 g/mol. The first-order valence-electron chi connectivity index (χ1n) is 9.87. The van der Waals surface area contributed by atoms with Gasteiger partial charge in [-0.1, -0.05) is 6.07 Å². The van der Waals surface area contributed by atoms with E-state index in [1.807, 2.05) is 0 Å². The van der Waals surface area contributed by atoms with Crippen LogP contribution in [-0.2, 0) is 17.6 Å². The van der Waals surface area contributed by atoms with Crippen LogP contribution in [0.2, 0.25) is 0 Å². The summed E-state index contributed by atoms with van der Waals surface area (Å²) in [5.41, 5.74) is 7.66. The van der Waals surface area contributed by atoms with E-state index in [2.05, 4.69) is 15.7 Å². The van der Waals surface area contributed by atoms with E-state index < -0.39 is 29.4 Å². The van der Waals surface area contributed by atoms with Crippen molar-refractivity contribution < 1.29 is 23.2 Å². The number of benzene rings is 2. The Kier molecular flexibility index (Phi) is 5.67. The van der Waals surface area contributed by atoms with Crippen molar-refractivity contribution in [2.45, 2.75) is 19.3 Å². The SMILES string of the molecule is NC(=O)CNC(=O)c1cccc(NC(=O)c2nn(-c3ccc(F)c(F)c3)c3c2CCC3)c1. The number of nitrogens with two attached hydrogens (primary N) is 1. The molecule has 0 atom stereocenters. The lowest BCUT2D eigenvalue weighted by atomic mass is 10.1. The first kappa shape index (κ1) is 21.2. The molecule has 4 rings (SSSR count). The normalized spacial score (nSPS) is 12.3. The Balaban J connectivity index is 1.58. The minimum absolute atomic E-state index is 0.186. The Bertz CT molecular complexity index is 1240. The first-order valence-corrected chi connectivity index (χ1v) is 9.87. The zero-order valence-corrected chi connectivity index (χ0v) is 16.8. The number of carbonyl (C=O) groups excluding carboxylic acids is 3. The fourth-order valence-corrected chi connectivity index (χ4v) is 3.65. The molecule has 0 unspecified atom stereocenters. The van der Waals surface area contributed by atoms with Gasteiger partial charge in [0.15, 0.2) is 17.3 Å². The summed E-state index contributed by atoms with van der Waals surface area (Å²) in [5.74, 6) is -3.63. The van der Waals surface area contributed by atoms with Crippen molar-refractivity contribution in [3.05, 3.63) is 76.6 Å². The van der Waals surface area contributed by atoms with Crippen LogP contribution in [0.1, 0.15) is 38.5 Å². The number of aromatic nitrogens is 2. The second-order valence-electron chi connectivity index (χ2n) is 7.32. The largest absolute Gasteiger partial charge is 0.368 e. The molecule has 3 aromatic rings. The maximum atomic E-state index is 13.7. The lowest BCUT2D eigenvalue weighted by Gasteiger charge is -2.08. The molecule has 0 bridgehead atoms. The molecule has 10 heteroatoms. The van der Waals surface area contributed by atoms with E-state index in [1.165, 1.54) is 22.9 Å². The van der Waals surface area contributed by atoms with E-state index in [1.54, 1.807) is 12.1 Å². The van der Waals surface area contributed by atoms with Gasteiger partial charge in [-0.2, -0.15) is 5.10 Å². The molecule has 0 fully saturated rings. The highest BCUT2D eigenvalue weighted by molar-refractivity contribution is 6.05. The van der Waals surface area contributed by atoms with E-state index in [4.69, 9.17) is 5.73 Å². The van der Waals surface area contributed by atoms with Crippen LogP contribution < -0.4 is 16.4 Å². The number of primary amides is 1. The van der Waals surface area contributed by atoms with Crippen molar-refractivity contribution in [3.63, 3.8) is 0 Å². The lowest BCUT2D eigenvalue weighted by molar-refractivity contribution is -0.117. The summed E-state index contributed by atoms with van der Waals surface area (Å²) in [6, 6.07) is 9.63. The highest BCUT2D eigenvalue weighted by Gasteiger charge is 2.27. The molecule has 2 aromatic carbocycles. The van der Waals surface area contributed by atoms with Crippen molar-refractivity contribution >= 4 is 23.4 Å². The molecule has 32 heavy (non-hydrogen) atoms. The second kappa shape index (κ2) is 8.58. The van der Waals surface area contributed by atoms with Crippen molar-refractivity contribution in [1.82, 2.24) is 15.1 Å². The summed E-state index contributed by atoms with van der Waals surface area (Å²) in [4.78, 5) is 35.9. The number of fused-ring (bicyclic) bond motifs is 1. The molecule has 0 saturated carbocycles. The zero-order chi connectivity index (χ0) is 22.8. The summed E-state index contributed by atoms with van der Waals surface area (Å²) in [7, 11) is 0. The number of hydrogen-bond acceptors (Lipinski definition) is 4. The number of amides is 3. The van der Waals surface area contributed by atoms with E-state index in [0.717, 1.165) is 29.8 Å². The van der Waals surface area contributed by atoms with Crippen LogP contribution in [0.15, 0.2) is 42.5 Å². The average Bonchev–Trinajstić information content (AvgIpc) is 3.37. The third-order valence-electron chi connectivity index (χ3n) is 5.10. The van der Waals surface area contributed by atoms with Crippen LogP contribution in [-0.4, -0.2) is 34.0 Å². The Morgan fingerprint density at radius 2 is 1.84 bits per heavy atom. The fourth-order valence-electron chi connectivity index (χ4n) is 3.65. The van der Waals surface area contributed by atoms with Gasteiger partial charge < -0.3 is 16.4 Å². The first-order chi connectivity index (χ1) is 15.3. The second-order valence-corrected chi connectivity index (χ2v) is 7.32. The van der Waals surface area contributed by atoms with Crippen LogP contribution in [0.3, 0.4) is 0 Å². The predicted molar refractivity (Wildman–Crippen MR) is 111 cm³/mol. The summed E-state index contributed by atoms with van der Waals surface area (Å²) < 4.78 is 28.5. The quantitative estimate of drug-likeness (QED) is 0.545. The highest BCUT2D eigenvalue weighted by Crippen LogP contribution is 2.29. The molecule has 1 aliphatic rings. The smallest absolute Gasteiger partial charge is 0.276 e. The Morgan fingerprint density at radius 3 is 2.59 bits per heavy atom. The van der Waals surface area contributed by atoms with Crippen molar-refractivity contribution in [1.29, 1.82) is 0 Å². The zero-order valence-electron chi connectivity index (χ0n) is 16.8. The summed E-state index contributed by atoms with van der Waals surface area (Å²) in [6.07, 6.45) is 2.11. The molecule has 3 amide bonds. The van der Waals surface area contributed by atoms with Gasteiger partial charge >= 0.3 is 0 Å². The van der Waals surface area contributed by atoms with Gasteiger partial charge in [-0.05, 0) is 49.6 Å². The van der Waals surface area contributed by atoms with Gasteiger partial charge in [0.25, 0.3) is 11.8 Å². The topological polar surface area (TPSA) is 119 Å². The molecule has 0 aliphatic heterocycles. The maximum absolute atomic E-state index is 13.7. The van der Waals surface area contributed by atoms with Gasteiger partial charge in [0.1, 0.15) is 0 Å². The molecule has 0 spiro atoms. The van der Waals surface area contributed by atoms with Gasteiger partial charge in [-0.3, -0.25) is 14.4 Å². The molecule has 1 heterocycles. The lowest BCUT2D eigenvalue weighted by Crippen LogP contribution is -2.33. The molecule has 8 nitrogen and oxygen atoms in total. The van der Waals surface area contributed by atoms with Gasteiger partial charge in [-0.25, -0.2) is 13.5 Å². The van der Waals surface area contributed by atoms with Gasteiger partial charge in [0.05, 0.1) is 12.2 Å². The standard InChI is InChI=1S/C22H19F2N5O3/c23-16-8-7-14(10-17(16)24)29-18-6-2-5-15(18)20(28-29)22(32)27-13-4-1-3-12(9-13)21(31)26-11-19(25)30/h1,3-4,7-10H,2,5-6,11H2,(H2,25,30)(H,26,31)(H,27,32). The minimum atomic E-state index is -0.998. The van der Waals surface area contributed by atoms with E-state index in [-0.39, 0.29) is 17.8 Å². The van der Waals surface area contributed by atoms with E-state index in [0.29, 0.717) is 24.2 Å². The van der Waals surface area contributed by atoms with Gasteiger partial charge in [0.2, 0.25) is 5.91 Å². The number of nitrogens with zero attached hydrogens (tertiary/aromatic N) is 2. The van der Waals surface area contributed by atoms with Crippen LogP contribution >= 0.6 is 0 Å². The maximum Gasteiger partial charge on any atom is 0.276 e. The third kappa shape index (κ3) is 4.20. The number of rotatable bonds is 6. The number of anilines is 1. The molecule has 4 N–H and O–H groups in total. The number of carbonyl (C=O) groups is 3. The number of halogens is 2. The average molecular weight is 439 g/mol. The summed E-state index contributed by atoms with van der Waals surface area (Å²) >= 11 is 0. The third-order valence-corrected chi connectivity index (χ3v) is 5.10. The van der Waals surface area contributed by atoms with E-state index in [9.17, 15) is 23.2 Å². The summed E-state index contributed by atoms with van der Waals surface area (Å²) in [5, 5.41) is 9.45. The van der Waals surface area contributed by atoms with Crippen molar-refractivity contribution in [2.75, 3.05) is 11.9 Å². The molecule has 0 saturated heterocycles. The van der Waals surface area contributed by atoms with Crippen LogP contribution in [0.5, 0.6) is 0 Å². The van der Waals surface area contributed by atoms with Crippen LogP contribution in [0, 0.1) is 11.6 Å². The predicted octanol–water partition coefficient (Wildman–Crippen LogP) is 2.11. The summed E-state index contributed by atoms with van der Waals surface area (Å²) in [6.45, 7) is -0.303. The minimum Gasteiger partial charge on any atom is -0.368 e. The van der Waals surface area contributed by atoms with Gasteiger partial charge in [0, 0.05) is 28.6 Å². The highest BCUT2D eigenvalue weighted by atomic mass is 19.2. The van der Waals surface area contributed by atoms with Crippen molar-refractivity contribution in [3.8, 4) is 5.69 Å². The van der Waals surface area contributed by atoms with E-state index >= 15 is 0 Å². The van der Waals surface area contributed by atoms with Crippen molar-refractivity contribution in [2.24, 2.45) is 5.73 Å². The molecular formula is C22H19F2N5O3. The van der Waals surface area contributed by atoms with Crippen LogP contribution in [0.25, 0.3) is 5.69 Å². The molecule has 0 radical (unpaired) electrons.